The van der Waals surface area contributed by atoms with Gasteiger partial charge in [0.15, 0.2) is 0 Å². The average Bonchev–Trinajstić information content (AvgIpc) is 3.01. The van der Waals surface area contributed by atoms with Crippen molar-refractivity contribution in [2.45, 2.75) is 51.2 Å². The lowest BCUT2D eigenvalue weighted by atomic mass is 9.86. The molecule has 3 N–H and O–H groups in total. The number of allylic oxidation sites excluding steroid dienone is 1. The Balaban J connectivity index is 2.08. The van der Waals surface area contributed by atoms with Gasteiger partial charge in [0.2, 0.25) is 0 Å². The van der Waals surface area contributed by atoms with Gasteiger partial charge in [0, 0.05) is 23.8 Å². The van der Waals surface area contributed by atoms with Crippen LogP contribution in [0.15, 0.2) is 42.0 Å². The van der Waals surface area contributed by atoms with Crippen LogP contribution in [0, 0.1) is 11.8 Å². The molecule has 1 aromatic carbocycles. The van der Waals surface area contributed by atoms with Gasteiger partial charge in [-0.2, -0.15) is 0 Å². The molecule has 2 rings (SSSR count). The second-order valence-corrected chi connectivity index (χ2v) is 9.73. The van der Waals surface area contributed by atoms with E-state index in [-0.39, 0.29) is 19.2 Å². The number of unbranched alkanes of at least 4 members (excludes halogenated alkanes) is 2. The number of ether oxygens (including phenoxy) is 1. The fraction of sp³-hybridized carbons (Fsp3) is 0.591. The summed E-state index contributed by atoms with van der Waals surface area (Å²) < 4.78 is 22.7. The van der Waals surface area contributed by atoms with Gasteiger partial charge in [0.1, 0.15) is 0 Å². The zero-order valence-corrected chi connectivity index (χ0v) is 18.5. The lowest BCUT2D eigenvalue weighted by Gasteiger charge is -2.26. The molecule has 3 unspecified atom stereocenters. The highest BCUT2D eigenvalue weighted by Crippen LogP contribution is 2.46. The number of hydrogen-bond donors (Lipinski definition) is 3. The van der Waals surface area contributed by atoms with Gasteiger partial charge in [0.05, 0.1) is 32.1 Å². The Hall–Kier alpha value is -1.50. The topological polar surface area (TPSA) is 113 Å². The molecule has 1 aliphatic carbocycles. The van der Waals surface area contributed by atoms with Crippen LogP contribution < -0.4 is 0 Å². The third-order valence-corrected chi connectivity index (χ3v) is 6.89. The minimum Gasteiger partial charge on any atom is -0.466 e. The molecule has 0 amide bonds. The molecule has 0 heterocycles. The first-order chi connectivity index (χ1) is 14.3. The maximum absolute atomic E-state index is 12.5. The van der Waals surface area contributed by atoms with Crippen LogP contribution >= 0.6 is 7.60 Å². The molecule has 0 saturated heterocycles. The molecular formula is C22H33O7P. The number of methoxy groups -OCH3 is 1. The molecule has 5 atom stereocenters. The smallest absolute Gasteiger partial charge is 0.333 e. The number of benzene rings is 1. The largest absolute Gasteiger partial charge is 0.466 e. The van der Waals surface area contributed by atoms with Gasteiger partial charge in [-0.15, -0.1) is 0 Å². The maximum atomic E-state index is 12.5. The quantitative estimate of drug-likeness (QED) is 0.210. The highest BCUT2D eigenvalue weighted by atomic mass is 31.2. The summed E-state index contributed by atoms with van der Waals surface area (Å²) in [6.07, 6.45) is 2.70. The molecule has 7 nitrogen and oxygen atoms in total. The summed E-state index contributed by atoms with van der Waals surface area (Å²) in [7, 11) is -2.63. The van der Waals surface area contributed by atoms with E-state index in [4.69, 9.17) is 9.26 Å². The predicted octanol–water partition coefficient (Wildman–Crippen LogP) is 3.08. The van der Waals surface area contributed by atoms with Crippen molar-refractivity contribution in [3.8, 4) is 0 Å². The lowest BCUT2D eigenvalue weighted by Crippen LogP contribution is -2.31. The Morgan fingerprint density at radius 2 is 1.93 bits per heavy atom. The number of aliphatic hydroxyl groups is 2. The summed E-state index contributed by atoms with van der Waals surface area (Å²) in [5, 5.41) is 20.9. The summed E-state index contributed by atoms with van der Waals surface area (Å²) in [6.45, 7) is 1.80. The van der Waals surface area contributed by atoms with E-state index in [1.165, 1.54) is 7.11 Å². The van der Waals surface area contributed by atoms with E-state index in [1.807, 2.05) is 37.3 Å². The Morgan fingerprint density at radius 1 is 1.23 bits per heavy atom. The fourth-order valence-electron chi connectivity index (χ4n) is 3.86. The van der Waals surface area contributed by atoms with E-state index < -0.39 is 37.6 Å². The third kappa shape index (κ3) is 7.03. The Kier molecular flexibility index (Phi) is 9.72. The van der Waals surface area contributed by atoms with E-state index in [1.54, 1.807) is 6.08 Å². The predicted molar refractivity (Wildman–Crippen MR) is 114 cm³/mol. The first-order valence-corrected chi connectivity index (χ1v) is 12.2. The maximum Gasteiger partial charge on any atom is 0.333 e. The molecule has 0 aromatic heterocycles. The summed E-state index contributed by atoms with van der Waals surface area (Å²) in [5.41, 5.74) is 1.22. The molecule has 0 bridgehead atoms. The molecule has 168 valence electrons. The van der Waals surface area contributed by atoms with Crippen LogP contribution in [-0.4, -0.2) is 53.2 Å². The Labute approximate surface area is 178 Å². The number of hydrogen-bond acceptors (Lipinski definition) is 6. The van der Waals surface area contributed by atoms with Gasteiger partial charge in [-0.3, -0.25) is 4.57 Å². The van der Waals surface area contributed by atoms with E-state index in [2.05, 4.69) is 0 Å². The second-order valence-electron chi connectivity index (χ2n) is 7.75. The summed E-state index contributed by atoms with van der Waals surface area (Å²) >= 11 is 0. The van der Waals surface area contributed by atoms with Crippen LogP contribution in [0.4, 0.5) is 0 Å². The molecule has 30 heavy (non-hydrogen) atoms. The van der Waals surface area contributed by atoms with Crippen LogP contribution in [-0.2, 0) is 25.0 Å². The lowest BCUT2D eigenvalue weighted by molar-refractivity contribution is -0.137. The van der Waals surface area contributed by atoms with Gasteiger partial charge in [0.25, 0.3) is 0 Å². The number of esters is 1. The number of rotatable bonds is 11. The summed E-state index contributed by atoms with van der Waals surface area (Å²) in [6, 6.07) is 9.34. The minimum absolute atomic E-state index is 0.0523. The van der Waals surface area contributed by atoms with Gasteiger partial charge in [-0.25, -0.2) is 4.79 Å². The zero-order chi connectivity index (χ0) is 22.1. The standard InChI is InChI=1S/C22H33O7P/c1-3-4-6-11-17(22(25)28-2)21-18(19(23)14-20(21)24)15-29-30(26,27)13-12-16-9-7-5-8-10-16/h5,7-11,18-21,23-24H,3-4,6,12-15H2,1-2H3,(H,26,27)/t18?,19-,20+,21?/m0/s1. The monoisotopic (exact) mass is 440 g/mol. The second kappa shape index (κ2) is 11.8. The van der Waals surface area contributed by atoms with Crippen LogP contribution in [0.5, 0.6) is 0 Å². The molecule has 0 aliphatic heterocycles. The molecule has 0 radical (unpaired) electrons. The van der Waals surface area contributed by atoms with Gasteiger partial charge in [-0.1, -0.05) is 56.2 Å². The molecule has 1 fully saturated rings. The molecule has 0 spiro atoms. The van der Waals surface area contributed by atoms with E-state index in [0.717, 1.165) is 18.4 Å². The highest BCUT2D eigenvalue weighted by Gasteiger charge is 2.46. The Bertz CT molecular complexity index is 749. The van der Waals surface area contributed by atoms with Crippen molar-refractivity contribution < 1.29 is 33.7 Å². The number of aryl methyl sites for hydroxylation is 1. The minimum atomic E-state index is -3.90. The van der Waals surface area contributed by atoms with Crippen molar-refractivity contribution in [1.29, 1.82) is 0 Å². The molecule has 1 aliphatic rings. The Morgan fingerprint density at radius 3 is 2.57 bits per heavy atom. The van der Waals surface area contributed by atoms with Crippen molar-refractivity contribution >= 4 is 13.6 Å². The first kappa shape index (κ1) is 24.8. The van der Waals surface area contributed by atoms with Crippen LogP contribution in [0.25, 0.3) is 0 Å². The SMILES string of the molecule is CCCCC=C(C(=O)OC)C1C(COP(=O)(O)CCc2ccccc2)[C@@H](O)C[C@H]1O. The normalized spacial score (nSPS) is 26.4. The van der Waals surface area contributed by atoms with Crippen molar-refractivity contribution in [3.05, 3.63) is 47.5 Å². The summed E-state index contributed by atoms with van der Waals surface area (Å²) in [4.78, 5) is 22.5. The zero-order valence-electron chi connectivity index (χ0n) is 17.6. The number of aliphatic hydroxyl groups excluding tert-OH is 2. The van der Waals surface area contributed by atoms with Crippen LogP contribution in [0.2, 0.25) is 0 Å². The van der Waals surface area contributed by atoms with Crippen molar-refractivity contribution in [3.63, 3.8) is 0 Å². The number of carbonyl (C=O) groups excluding carboxylic acids is 1. The van der Waals surface area contributed by atoms with E-state index in [0.29, 0.717) is 18.4 Å². The van der Waals surface area contributed by atoms with Crippen molar-refractivity contribution in [1.82, 2.24) is 0 Å². The average molecular weight is 440 g/mol. The molecule has 1 aromatic rings. The highest BCUT2D eigenvalue weighted by molar-refractivity contribution is 7.52. The van der Waals surface area contributed by atoms with Crippen molar-refractivity contribution in [2.24, 2.45) is 11.8 Å². The van der Waals surface area contributed by atoms with E-state index >= 15 is 0 Å². The molecule has 1 saturated carbocycles. The van der Waals surface area contributed by atoms with Gasteiger partial charge in [-0.05, 0) is 18.4 Å². The fourth-order valence-corrected chi connectivity index (χ4v) is 4.94. The van der Waals surface area contributed by atoms with Gasteiger partial charge >= 0.3 is 13.6 Å². The van der Waals surface area contributed by atoms with Crippen molar-refractivity contribution in [2.75, 3.05) is 19.9 Å². The number of carbonyl (C=O) groups is 1. The first-order valence-electron chi connectivity index (χ1n) is 10.4. The van der Waals surface area contributed by atoms with Crippen LogP contribution in [0.1, 0.15) is 38.2 Å². The van der Waals surface area contributed by atoms with Crippen LogP contribution in [0.3, 0.4) is 0 Å². The summed E-state index contributed by atoms with van der Waals surface area (Å²) in [5.74, 6) is -1.95. The molecular weight excluding hydrogens is 407 g/mol. The van der Waals surface area contributed by atoms with Gasteiger partial charge < -0.3 is 24.4 Å². The van der Waals surface area contributed by atoms with E-state index in [9.17, 15) is 24.5 Å². The molecule has 8 heteroatoms. The third-order valence-electron chi connectivity index (χ3n) is 5.55.